The summed E-state index contributed by atoms with van der Waals surface area (Å²) in [4.78, 5) is 11.4. The van der Waals surface area contributed by atoms with Crippen LogP contribution in [0.4, 0.5) is 0 Å². The van der Waals surface area contributed by atoms with Crippen molar-refractivity contribution < 1.29 is 35.4 Å². The first kappa shape index (κ1) is 20.2. The molecule has 4 saturated carbocycles. The Morgan fingerprint density at radius 1 is 0.926 bits per heavy atom. The zero-order valence-electron chi connectivity index (χ0n) is 18.5. The number of hydrogen-bond acceptors (Lipinski definition) is 2. The van der Waals surface area contributed by atoms with Crippen molar-refractivity contribution in [3.63, 3.8) is 0 Å². The van der Waals surface area contributed by atoms with E-state index in [0.717, 1.165) is 23.7 Å². The summed E-state index contributed by atoms with van der Waals surface area (Å²) in [6, 6.07) is 3.65. The first-order valence-electron chi connectivity index (χ1n) is 11.1. The van der Waals surface area contributed by atoms with E-state index >= 15 is 0 Å². The first-order valence-corrected chi connectivity index (χ1v) is 11.1. The molecule has 1 heterocycles. The fraction of sp³-hybridized carbons (Fsp3) is 0.792. The molecule has 2 nitrogen and oxygen atoms in total. The Morgan fingerprint density at radius 2 is 1.74 bits per heavy atom. The summed E-state index contributed by atoms with van der Waals surface area (Å²) >= 11 is 0. The molecule has 0 N–H and O–H groups in total. The third kappa shape index (κ3) is 3.04. The van der Waals surface area contributed by atoms with Crippen molar-refractivity contribution in [2.24, 2.45) is 34.5 Å². The summed E-state index contributed by atoms with van der Waals surface area (Å²) in [5.41, 5.74) is 2.07. The van der Waals surface area contributed by atoms with Gasteiger partial charge < -0.3 is 5.84 Å². The first-order chi connectivity index (χ1) is 12.5. The summed E-state index contributed by atoms with van der Waals surface area (Å²) < 4.78 is 5.23. The van der Waals surface area contributed by atoms with E-state index in [1.54, 1.807) is 12.3 Å². The Bertz CT molecular complexity index is 728. The van der Waals surface area contributed by atoms with Gasteiger partial charge in [-0.25, -0.2) is 4.79 Å². The van der Waals surface area contributed by atoms with Gasteiger partial charge in [0, 0.05) is 6.07 Å². The Kier molecular flexibility index (Phi) is 5.49. The average molecular weight is 379 g/mol. The van der Waals surface area contributed by atoms with E-state index in [0.29, 0.717) is 16.7 Å². The largest absolute Gasteiger partial charge is 1.00 e. The third-order valence-corrected chi connectivity index (χ3v) is 9.71. The van der Waals surface area contributed by atoms with E-state index in [4.69, 9.17) is 4.42 Å². The molecule has 0 spiro atoms. The van der Waals surface area contributed by atoms with Crippen LogP contribution < -0.4 is 35.2 Å². The summed E-state index contributed by atoms with van der Waals surface area (Å²) in [5, 5.41) is 0. The fourth-order valence-electron chi connectivity index (χ4n) is 8.41. The van der Waals surface area contributed by atoms with Crippen LogP contribution in [0.25, 0.3) is 0 Å². The van der Waals surface area contributed by atoms with Gasteiger partial charge in [0.25, 0.3) is 0 Å². The Hall–Kier alpha value is -0.0500. The smallest absolute Gasteiger partial charge is 1.00 e. The zero-order valence-corrected chi connectivity index (χ0v) is 19.5. The topological polar surface area (TPSA) is 30.2 Å². The van der Waals surface area contributed by atoms with Crippen LogP contribution in [0.3, 0.4) is 0 Å². The van der Waals surface area contributed by atoms with Gasteiger partial charge in [-0.15, -0.1) is 0 Å². The minimum Gasteiger partial charge on any atom is -1.00 e. The molecule has 4 fully saturated rings. The molecule has 1 aromatic heterocycles. The Balaban J connectivity index is 0.00000112. The molecule has 0 saturated heterocycles. The van der Waals surface area contributed by atoms with Crippen molar-refractivity contribution in [2.45, 2.75) is 84.0 Å². The van der Waals surface area contributed by atoms with Gasteiger partial charge in [-0.3, -0.25) is 0 Å². The van der Waals surface area contributed by atoms with Gasteiger partial charge in [0.2, 0.25) is 0 Å². The molecule has 27 heavy (non-hydrogen) atoms. The van der Waals surface area contributed by atoms with Gasteiger partial charge in [-0.1, -0.05) is 26.7 Å². The van der Waals surface area contributed by atoms with Crippen molar-refractivity contribution in [3.8, 4) is 0 Å². The molecule has 5 rings (SSSR count). The van der Waals surface area contributed by atoms with Crippen molar-refractivity contribution in [1.82, 2.24) is 0 Å². The van der Waals surface area contributed by atoms with Crippen molar-refractivity contribution in [3.05, 3.63) is 34.4 Å². The standard InChI is InChI=1S/C24H34O2.Na.H/c1-23-13-4-3-5-17(23)7-8-18-20-10-9-19(16-6-11-22(25)26-15-16)24(20,2)14-12-21(18)23;;/h6,11,15,17-21H,3-5,7-10,12-14H2,1-2H3;;/q;+1;-1/t17?,18-,19-,20?,21-,23+,24-;;/m1../s1. The summed E-state index contributed by atoms with van der Waals surface area (Å²) in [6.07, 6.45) is 16.1. The maximum atomic E-state index is 11.4. The summed E-state index contributed by atoms with van der Waals surface area (Å²) in [7, 11) is 0. The molecule has 0 amide bonds. The number of hydrogen-bond donors (Lipinski definition) is 0. The number of rotatable bonds is 1. The molecule has 7 atom stereocenters. The van der Waals surface area contributed by atoms with Crippen LogP contribution in [0.2, 0.25) is 0 Å². The zero-order chi connectivity index (χ0) is 17.9. The molecular weight excluding hydrogens is 343 g/mol. The maximum Gasteiger partial charge on any atom is 1.00 e. The molecule has 0 aromatic carbocycles. The van der Waals surface area contributed by atoms with E-state index < -0.39 is 0 Å². The van der Waals surface area contributed by atoms with Gasteiger partial charge in [-0.2, -0.15) is 0 Å². The quantitative estimate of drug-likeness (QED) is 0.702. The predicted molar refractivity (Wildman–Crippen MR) is 105 cm³/mol. The molecule has 1 aromatic rings. The molecule has 3 heteroatoms. The van der Waals surface area contributed by atoms with E-state index in [1.165, 1.54) is 69.8 Å². The molecule has 0 bridgehead atoms. The molecule has 4 aliphatic rings. The van der Waals surface area contributed by atoms with Crippen molar-refractivity contribution >= 4 is 0 Å². The van der Waals surface area contributed by atoms with Crippen LogP contribution >= 0.6 is 0 Å². The van der Waals surface area contributed by atoms with Gasteiger partial charge in [0.05, 0.1) is 6.26 Å². The van der Waals surface area contributed by atoms with Gasteiger partial charge in [-0.05, 0) is 103 Å². The second-order valence-corrected chi connectivity index (χ2v) is 10.5. The average Bonchev–Trinajstić information content (AvgIpc) is 2.99. The van der Waals surface area contributed by atoms with Crippen LogP contribution in [-0.4, -0.2) is 0 Å². The van der Waals surface area contributed by atoms with Crippen molar-refractivity contribution in [1.29, 1.82) is 0 Å². The van der Waals surface area contributed by atoms with Crippen LogP contribution in [0.15, 0.2) is 27.6 Å². The van der Waals surface area contributed by atoms with Crippen LogP contribution in [0.5, 0.6) is 0 Å². The van der Waals surface area contributed by atoms with E-state index in [1.807, 2.05) is 6.07 Å². The van der Waals surface area contributed by atoms with E-state index in [9.17, 15) is 4.79 Å². The maximum absolute atomic E-state index is 11.4. The minimum atomic E-state index is -0.222. The summed E-state index contributed by atoms with van der Waals surface area (Å²) in [5.74, 6) is 4.36. The molecule has 0 aliphatic heterocycles. The normalized spacial score (nSPS) is 45.9. The second kappa shape index (κ2) is 7.33. The monoisotopic (exact) mass is 378 g/mol. The van der Waals surface area contributed by atoms with Crippen LogP contribution in [0.1, 0.15) is 91.0 Å². The van der Waals surface area contributed by atoms with Crippen LogP contribution in [-0.2, 0) is 0 Å². The minimum absolute atomic E-state index is 0. The van der Waals surface area contributed by atoms with Gasteiger partial charge in [0.15, 0.2) is 0 Å². The summed E-state index contributed by atoms with van der Waals surface area (Å²) in [6.45, 7) is 5.22. The van der Waals surface area contributed by atoms with Crippen molar-refractivity contribution in [2.75, 3.05) is 0 Å². The van der Waals surface area contributed by atoms with E-state index in [-0.39, 0.29) is 36.6 Å². The Labute approximate surface area is 187 Å². The Morgan fingerprint density at radius 3 is 2.52 bits per heavy atom. The molecule has 2 unspecified atom stereocenters. The predicted octanol–water partition coefficient (Wildman–Crippen LogP) is 3.27. The third-order valence-electron chi connectivity index (χ3n) is 9.71. The number of fused-ring (bicyclic) bond motifs is 5. The second-order valence-electron chi connectivity index (χ2n) is 10.5. The molecule has 4 aliphatic carbocycles. The van der Waals surface area contributed by atoms with E-state index in [2.05, 4.69) is 13.8 Å². The van der Waals surface area contributed by atoms with Gasteiger partial charge in [0.1, 0.15) is 0 Å². The molecular formula is C24H35NaO2. The SMILES string of the molecule is C[C@]12CC[C@@H]3[C@H](CCC4CCCC[C@@]43C)C1CC[C@@H]2c1ccc(=O)oc1.[H-].[Na+]. The molecule has 144 valence electrons. The fourth-order valence-corrected chi connectivity index (χ4v) is 8.41. The molecule has 0 radical (unpaired) electrons. The van der Waals surface area contributed by atoms with Crippen LogP contribution in [0, 0.1) is 34.5 Å². The van der Waals surface area contributed by atoms with Gasteiger partial charge >= 0.3 is 35.2 Å².